The van der Waals surface area contributed by atoms with E-state index >= 15 is 0 Å². The number of rotatable bonds is 6. The maximum absolute atomic E-state index is 13.6. The first-order valence-corrected chi connectivity index (χ1v) is 8.06. The maximum atomic E-state index is 13.6. The van der Waals surface area contributed by atoms with Crippen molar-refractivity contribution in [1.29, 1.82) is 0 Å². The average molecular weight is 362 g/mol. The zero-order valence-corrected chi connectivity index (χ0v) is 13.5. The molecular weight excluding hydrogens is 351 g/mol. The van der Waals surface area contributed by atoms with Gasteiger partial charge in [0, 0.05) is 35.9 Å². The molecule has 0 bridgehead atoms. The van der Waals surface area contributed by atoms with E-state index in [2.05, 4.69) is 15.5 Å². The number of amides is 1. The first-order valence-electron chi connectivity index (χ1n) is 7.12. The molecule has 0 aliphatic heterocycles. The summed E-state index contributed by atoms with van der Waals surface area (Å²) >= 11 is 1.50. The highest BCUT2D eigenvalue weighted by molar-refractivity contribution is 7.08. The number of halogens is 1. The van der Waals surface area contributed by atoms with E-state index in [1.165, 1.54) is 11.3 Å². The minimum absolute atomic E-state index is 0.0343. The fourth-order valence-electron chi connectivity index (χ4n) is 2.02. The van der Waals surface area contributed by atoms with Gasteiger partial charge in [0.25, 0.3) is 5.69 Å². The molecule has 3 rings (SSSR count). The molecule has 8 nitrogen and oxygen atoms in total. The third kappa shape index (κ3) is 4.04. The monoisotopic (exact) mass is 362 g/mol. The molecule has 0 radical (unpaired) electrons. The van der Waals surface area contributed by atoms with Gasteiger partial charge >= 0.3 is 0 Å². The van der Waals surface area contributed by atoms with Crippen LogP contribution < -0.4 is 5.32 Å². The molecular formula is C15H11FN4O4S. The van der Waals surface area contributed by atoms with Gasteiger partial charge < -0.3 is 9.84 Å². The number of carbonyl (C=O) groups excluding carboxylic acids is 1. The van der Waals surface area contributed by atoms with Crippen LogP contribution in [0.2, 0.25) is 0 Å². The summed E-state index contributed by atoms with van der Waals surface area (Å²) in [6, 6.07) is 4.76. The van der Waals surface area contributed by atoms with Crippen molar-refractivity contribution in [2.45, 2.75) is 12.8 Å². The largest absolute Gasteiger partial charge is 0.339 e. The van der Waals surface area contributed by atoms with Crippen LogP contribution >= 0.6 is 11.3 Å². The number of thiophene rings is 1. The molecule has 2 heterocycles. The summed E-state index contributed by atoms with van der Waals surface area (Å²) in [6.07, 6.45) is 0.132. The van der Waals surface area contributed by atoms with Crippen molar-refractivity contribution in [2.24, 2.45) is 0 Å². The number of non-ortho nitro benzene ring substituents is 1. The minimum atomic E-state index is -0.753. The molecule has 1 amide bonds. The first-order chi connectivity index (χ1) is 12.0. The van der Waals surface area contributed by atoms with Gasteiger partial charge in [-0.25, -0.2) is 4.39 Å². The second-order valence-electron chi connectivity index (χ2n) is 4.99. The fourth-order valence-corrected chi connectivity index (χ4v) is 2.66. The predicted molar refractivity (Wildman–Crippen MR) is 87.6 cm³/mol. The van der Waals surface area contributed by atoms with Crippen LogP contribution in [-0.4, -0.2) is 21.0 Å². The summed E-state index contributed by atoms with van der Waals surface area (Å²) in [4.78, 5) is 26.1. The van der Waals surface area contributed by atoms with Gasteiger partial charge in [-0.2, -0.15) is 16.3 Å². The summed E-state index contributed by atoms with van der Waals surface area (Å²) in [6.45, 7) is 0. The van der Waals surface area contributed by atoms with Crippen LogP contribution in [-0.2, 0) is 11.2 Å². The van der Waals surface area contributed by atoms with Crippen LogP contribution in [0.15, 0.2) is 39.5 Å². The van der Waals surface area contributed by atoms with Gasteiger partial charge in [0.1, 0.15) is 5.82 Å². The Hall–Kier alpha value is -3.14. The van der Waals surface area contributed by atoms with Crippen LogP contribution in [0.4, 0.5) is 15.8 Å². The number of carbonyl (C=O) groups is 1. The molecule has 0 saturated carbocycles. The molecule has 0 aliphatic rings. The molecule has 10 heteroatoms. The van der Waals surface area contributed by atoms with Crippen molar-refractivity contribution in [1.82, 2.24) is 10.1 Å². The number of hydrogen-bond donors (Lipinski definition) is 1. The molecule has 0 fully saturated rings. The fraction of sp³-hybridized carbons (Fsp3) is 0.133. The first kappa shape index (κ1) is 16.7. The Morgan fingerprint density at radius 1 is 1.40 bits per heavy atom. The van der Waals surface area contributed by atoms with E-state index in [1.807, 2.05) is 16.8 Å². The second-order valence-corrected chi connectivity index (χ2v) is 5.77. The van der Waals surface area contributed by atoms with Crippen molar-refractivity contribution < 1.29 is 18.6 Å². The lowest BCUT2D eigenvalue weighted by Crippen LogP contribution is -2.13. The molecule has 0 aliphatic carbocycles. The molecule has 3 aromatic rings. The van der Waals surface area contributed by atoms with Crippen molar-refractivity contribution in [2.75, 3.05) is 5.32 Å². The number of benzene rings is 1. The third-order valence-electron chi connectivity index (χ3n) is 3.25. The van der Waals surface area contributed by atoms with Gasteiger partial charge in [0.05, 0.1) is 10.6 Å². The van der Waals surface area contributed by atoms with E-state index in [4.69, 9.17) is 4.52 Å². The van der Waals surface area contributed by atoms with Gasteiger partial charge in [-0.05, 0) is 17.5 Å². The highest BCUT2D eigenvalue weighted by Gasteiger charge is 2.15. The average Bonchev–Trinajstić information content (AvgIpc) is 3.26. The Balaban J connectivity index is 1.60. The number of nitro benzene ring substituents is 1. The van der Waals surface area contributed by atoms with Gasteiger partial charge in [-0.1, -0.05) is 5.16 Å². The zero-order chi connectivity index (χ0) is 17.8. The van der Waals surface area contributed by atoms with Crippen molar-refractivity contribution in [3.8, 4) is 11.4 Å². The van der Waals surface area contributed by atoms with Crippen molar-refractivity contribution in [3.63, 3.8) is 0 Å². The van der Waals surface area contributed by atoms with E-state index in [0.717, 1.165) is 23.8 Å². The lowest BCUT2D eigenvalue weighted by atomic mass is 10.2. The standard InChI is InChI=1S/C15H11FN4O4S/c16-11-2-1-10(20(22)23)7-12(11)17-13(21)3-4-14-18-15(19-24-14)9-5-6-25-8-9/h1-2,5-8H,3-4H2,(H,17,21). The normalized spacial score (nSPS) is 10.6. The number of nitrogens with one attached hydrogen (secondary N) is 1. The molecule has 0 atom stereocenters. The summed E-state index contributed by atoms with van der Waals surface area (Å²) in [5, 5.41) is 20.6. The summed E-state index contributed by atoms with van der Waals surface area (Å²) in [7, 11) is 0. The van der Waals surface area contributed by atoms with E-state index in [0.29, 0.717) is 5.82 Å². The highest BCUT2D eigenvalue weighted by atomic mass is 32.1. The zero-order valence-electron chi connectivity index (χ0n) is 12.6. The SMILES string of the molecule is O=C(CCc1nc(-c2ccsc2)no1)Nc1cc([N+](=O)[O-])ccc1F. The lowest BCUT2D eigenvalue weighted by molar-refractivity contribution is -0.384. The Kier molecular flexibility index (Phi) is 4.80. The number of aryl methyl sites for hydroxylation is 1. The van der Waals surface area contributed by atoms with E-state index in [1.54, 1.807) is 0 Å². The quantitative estimate of drug-likeness (QED) is 0.531. The van der Waals surface area contributed by atoms with Crippen LogP contribution in [0.5, 0.6) is 0 Å². The number of aromatic nitrogens is 2. The van der Waals surface area contributed by atoms with Crippen LogP contribution in [0.1, 0.15) is 12.3 Å². The topological polar surface area (TPSA) is 111 Å². The summed E-state index contributed by atoms with van der Waals surface area (Å²) in [5.41, 5.74) is 0.265. The van der Waals surface area contributed by atoms with Gasteiger partial charge in [-0.3, -0.25) is 14.9 Å². The number of hydrogen-bond acceptors (Lipinski definition) is 7. The lowest BCUT2D eigenvalue weighted by Gasteiger charge is -2.05. The second kappa shape index (κ2) is 7.18. The molecule has 0 spiro atoms. The molecule has 1 aromatic carbocycles. The van der Waals surface area contributed by atoms with Crippen molar-refractivity contribution >= 4 is 28.6 Å². The van der Waals surface area contributed by atoms with Crippen LogP contribution in [0.25, 0.3) is 11.4 Å². The number of nitrogens with zero attached hydrogens (tertiary/aromatic N) is 3. The number of nitro groups is 1. The van der Waals surface area contributed by atoms with E-state index in [9.17, 15) is 19.3 Å². The Bertz CT molecular complexity index is 910. The molecule has 128 valence electrons. The molecule has 0 saturated heterocycles. The minimum Gasteiger partial charge on any atom is -0.339 e. The Morgan fingerprint density at radius 2 is 2.24 bits per heavy atom. The predicted octanol–water partition coefficient (Wildman–Crippen LogP) is 3.42. The molecule has 25 heavy (non-hydrogen) atoms. The summed E-state index contributed by atoms with van der Waals surface area (Å²) in [5.74, 6) is -0.566. The highest BCUT2D eigenvalue weighted by Crippen LogP contribution is 2.22. The molecule has 1 N–H and O–H groups in total. The van der Waals surface area contributed by atoms with E-state index < -0.39 is 16.6 Å². The van der Waals surface area contributed by atoms with Gasteiger partial charge in [0.2, 0.25) is 17.6 Å². The van der Waals surface area contributed by atoms with E-state index in [-0.39, 0.29) is 30.1 Å². The Labute approximate surface area is 144 Å². The Morgan fingerprint density at radius 3 is 2.96 bits per heavy atom. The maximum Gasteiger partial charge on any atom is 0.271 e. The van der Waals surface area contributed by atoms with Gasteiger partial charge in [0.15, 0.2) is 0 Å². The summed E-state index contributed by atoms with van der Waals surface area (Å²) < 4.78 is 18.7. The van der Waals surface area contributed by atoms with Crippen molar-refractivity contribution in [3.05, 3.63) is 56.8 Å². The van der Waals surface area contributed by atoms with Crippen LogP contribution in [0, 0.1) is 15.9 Å². The molecule has 0 unspecified atom stereocenters. The molecule has 2 aromatic heterocycles. The van der Waals surface area contributed by atoms with Gasteiger partial charge in [-0.15, -0.1) is 0 Å². The number of anilines is 1. The smallest absolute Gasteiger partial charge is 0.271 e. The van der Waals surface area contributed by atoms with Crippen LogP contribution in [0.3, 0.4) is 0 Å². The third-order valence-corrected chi connectivity index (χ3v) is 3.93.